The Balaban J connectivity index is 1.79. The molecule has 3 rings (SSSR count). The fourth-order valence-electron chi connectivity index (χ4n) is 2.58. The Morgan fingerprint density at radius 1 is 0.643 bits per heavy atom. The second-order valence-electron chi connectivity index (χ2n) is 5.89. The molecule has 2 N–H and O–H groups in total. The zero-order chi connectivity index (χ0) is 19.9. The first kappa shape index (κ1) is 18.8. The average molecular weight is 374 g/mol. The summed E-state index contributed by atoms with van der Waals surface area (Å²) in [5.74, 6) is -1.22. The molecule has 3 aromatic carbocycles. The fourth-order valence-corrected chi connectivity index (χ4v) is 2.58. The molecular weight excluding hydrogens is 356 g/mol. The van der Waals surface area contributed by atoms with Gasteiger partial charge in [0, 0.05) is 11.1 Å². The predicted molar refractivity (Wildman–Crippen MR) is 107 cm³/mol. The molecule has 0 atom stereocenters. The minimum absolute atomic E-state index is 0.279. The predicted octanol–water partition coefficient (Wildman–Crippen LogP) is 3.98. The van der Waals surface area contributed by atoms with Crippen molar-refractivity contribution >= 4 is 29.2 Å². The molecule has 28 heavy (non-hydrogen) atoms. The van der Waals surface area contributed by atoms with E-state index < -0.39 is 11.9 Å². The maximum Gasteiger partial charge on any atom is 0.337 e. The number of benzene rings is 3. The maximum atomic E-state index is 12.6. The first-order chi connectivity index (χ1) is 13.6. The molecule has 6 heteroatoms. The van der Waals surface area contributed by atoms with E-state index in [1.54, 1.807) is 66.7 Å². The summed E-state index contributed by atoms with van der Waals surface area (Å²) >= 11 is 0. The lowest BCUT2D eigenvalue weighted by Crippen LogP contribution is -2.17. The van der Waals surface area contributed by atoms with Crippen LogP contribution in [0.5, 0.6) is 0 Å². The van der Waals surface area contributed by atoms with Gasteiger partial charge in [-0.15, -0.1) is 0 Å². The largest absolute Gasteiger partial charge is 0.465 e. The van der Waals surface area contributed by atoms with Crippen molar-refractivity contribution in [3.8, 4) is 0 Å². The van der Waals surface area contributed by atoms with Crippen LogP contribution in [0.3, 0.4) is 0 Å². The Kier molecular flexibility index (Phi) is 5.81. The highest BCUT2D eigenvalue weighted by atomic mass is 16.5. The lowest BCUT2D eigenvalue weighted by Gasteiger charge is -2.12. The molecule has 2 amide bonds. The monoisotopic (exact) mass is 374 g/mol. The van der Waals surface area contributed by atoms with Gasteiger partial charge in [0.05, 0.1) is 24.0 Å². The van der Waals surface area contributed by atoms with Gasteiger partial charge in [0.2, 0.25) is 0 Å². The van der Waals surface area contributed by atoms with Crippen LogP contribution >= 0.6 is 0 Å². The number of esters is 1. The Hall–Kier alpha value is -3.93. The van der Waals surface area contributed by atoms with E-state index in [1.807, 2.05) is 6.07 Å². The summed E-state index contributed by atoms with van der Waals surface area (Å²) in [6, 6.07) is 21.9. The van der Waals surface area contributed by atoms with Gasteiger partial charge in [-0.1, -0.05) is 36.4 Å². The van der Waals surface area contributed by atoms with Crippen LogP contribution < -0.4 is 10.6 Å². The minimum Gasteiger partial charge on any atom is -0.465 e. The number of hydrogen-bond acceptors (Lipinski definition) is 4. The summed E-state index contributed by atoms with van der Waals surface area (Å²) in [5, 5.41) is 5.56. The molecule has 3 aromatic rings. The molecule has 0 radical (unpaired) electrons. The number of rotatable bonds is 5. The van der Waals surface area contributed by atoms with Crippen molar-refractivity contribution in [1.82, 2.24) is 0 Å². The molecule has 0 heterocycles. The molecule has 0 aliphatic heterocycles. The van der Waals surface area contributed by atoms with Gasteiger partial charge in [-0.05, 0) is 42.5 Å². The minimum atomic E-state index is -0.523. The van der Waals surface area contributed by atoms with Gasteiger partial charge in [0.25, 0.3) is 11.8 Å². The smallest absolute Gasteiger partial charge is 0.337 e. The quantitative estimate of drug-likeness (QED) is 0.662. The van der Waals surface area contributed by atoms with Gasteiger partial charge in [-0.2, -0.15) is 0 Å². The lowest BCUT2D eigenvalue weighted by molar-refractivity contribution is 0.0600. The Morgan fingerprint density at radius 2 is 1.14 bits per heavy atom. The van der Waals surface area contributed by atoms with E-state index in [0.29, 0.717) is 22.5 Å². The second-order valence-corrected chi connectivity index (χ2v) is 5.89. The Morgan fingerprint density at radius 3 is 1.75 bits per heavy atom. The molecule has 6 nitrogen and oxygen atoms in total. The number of para-hydroxylation sites is 2. The maximum absolute atomic E-state index is 12.6. The Bertz CT molecular complexity index is 1020. The van der Waals surface area contributed by atoms with Crippen LogP contribution in [0.2, 0.25) is 0 Å². The first-order valence-electron chi connectivity index (χ1n) is 8.53. The third-order valence-electron chi connectivity index (χ3n) is 4.01. The number of amides is 2. The van der Waals surface area contributed by atoms with Gasteiger partial charge in [-0.3, -0.25) is 9.59 Å². The second kappa shape index (κ2) is 8.64. The summed E-state index contributed by atoms with van der Waals surface area (Å²) < 4.78 is 4.68. The topological polar surface area (TPSA) is 84.5 Å². The summed E-state index contributed by atoms with van der Waals surface area (Å²) in [6.07, 6.45) is 0. The highest BCUT2D eigenvalue weighted by Crippen LogP contribution is 2.23. The highest BCUT2D eigenvalue weighted by molar-refractivity contribution is 6.10. The van der Waals surface area contributed by atoms with Gasteiger partial charge >= 0.3 is 5.97 Å². The van der Waals surface area contributed by atoms with Gasteiger partial charge in [0.15, 0.2) is 0 Å². The normalized spacial score (nSPS) is 10.0. The van der Waals surface area contributed by atoms with E-state index >= 15 is 0 Å². The van der Waals surface area contributed by atoms with Crippen molar-refractivity contribution in [3.05, 3.63) is 95.6 Å². The third kappa shape index (κ3) is 4.42. The molecular formula is C22H18N2O4. The summed E-state index contributed by atoms with van der Waals surface area (Å²) in [5.41, 5.74) is 2.00. The Labute approximate surface area is 162 Å². The van der Waals surface area contributed by atoms with Crippen LogP contribution in [0.25, 0.3) is 0 Å². The molecule has 140 valence electrons. The van der Waals surface area contributed by atoms with Crippen molar-refractivity contribution in [1.29, 1.82) is 0 Å². The number of anilines is 2. The fraction of sp³-hybridized carbons (Fsp3) is 0.0455. The molecule has 0 saturated carbocycles. The van der Waals surface area contributed by atoms with Crippen LogP contribution in [0, 0.1) is 0 Å². The van der Waals surface area contributed by atoms with E-state index in [2.05, 4.69) is 15.4 Å². The number of carbonyl (C=O) groups is 3. The van der Waals surface area contributed by atoms with E-state index in [-0.39, 0.29) is 11.5 Å². The third-order valence-corrected chi connectivity index (χ3v) is 4.01. The van der Waals surface area contributed by atoms with Gasteiger partial charge < -0.3 is 15.4 Å². The van der Waals surface area contributed by atoms with Crippen LogP contribution in [0.1, 0.15) is 31.1 Å². The van der Waals surface area contributed by atoms with E-state index in [9.17, 15) is 14.4 Å². The van der Waals surface area contributed by atoms with Crippen molar-refractivity contribution in [2.45, 2.75) is 0 Å². The highest BCUT2D eigenvalue weighted by Gasteiger charge is 2.14. The molecule has 0 aliphatic carbocycles. The SMILES string of the molecule is COC(=O)c1cccc(C(=O)Nc2ccccc2NC(=O)c2ccccc2)c1. The van der Waals surface area contributed by atoms with Crippen molar-refractivity contribution in [2.24, 2.45) is 0 Å². The van der Waals surface area contributed by atoms with E-state index in [1.165, 1.54) is 13.2 Å². The molecule has 0 spiro atoms. The number of hydrogen-bond donors (Lipinski definition) is 2. The van der Waals surface area contributed by atoms with E-state index in [0.717, 1.165) is 0 Å². The number of carbonyl (C=O) groups excluding carboxylic acids is 3. The van der Waals surface area contributed by atoms with Crippen LogP contribution in [0.15, 0.2) is 78.9 Å². The van der Waals surface area contributed by atoms with Crippen molar-refractivity contribution in [2.75, 3.05) is 17.7 Å². The average Bonchev–Trinajstić information content (AvgIpc) is 2.75. The molecule has 0 aliphatic rings. The molecule has 0 saturated heterocycles. The first-order valence-corrected chi connectivity index (χ1v) is 8.53. The van der Waals surface area contributed by atoms with Gasteiger partial charge in [0.1, 0.15) is 0 Å². The van der Waals surface area contributed by atoms with Crippen molar-refractivity contribution in [3.63, 3.8) is 0 Å². The van der Waals surface area contributed by atoms with Gasteiger partial charge in [-0.25, -0.2) is 4.79 Å². The zero-order valence-electron chi connectivity index (χ0n) is 15.1. The molecule has 0 bridgehead atoms. The van der Waals surface area contributed by atoms with Crippen LogP contribution in [0.4, 0.5) is 11.4 Å². The standard InChI is InChI=1S/C22H18N2O4/c1-28-22(27)17-11-7-10-16(14-17)21(26)24-19-13-6-5-12-18(19)23-20(25)15-8-3-2-4-9-15/h2-14H,1H3,(H,23,25)(H,24,26). The molecule has 0 aromatic heterocycles. The summed E-state index contributed by atoms with van der Waals surface area (Å²) in [6.45, 7) is 0. The van der Waals surface area contributed by atoms with Crippen LogP contribution in [-0.2, 0) is 4.74 Å². The molecule has 0 fully saturated rings. The zero-order valence-corrected chi connectivity index (χ0v) is 15.1. The number of methoxy groups -OCH3 is 1. The summed E-state index contributed by atoms with van der Waals surface area (Å²) in [4.78, 5) is 36.7. The summed E-state index contributed by atoms with van der Waals surface area (Å²) in [7, 11) is 1.28. The molecule has 0 unspecified atom stereocenters. The van der Waals surface area contributed by atoms with E-state index in [4.69, 9.17) is 0 Å². The number of ether oxygens (including phenoxy) is 1. The lowest BCUT2D eigenvalue weighted by atomic mass is 10.1. The van der Waals surface area contributed by atoms with Crippen molar-refractivity contribution < 1.29 is 19.1 Å². The van der Waals surface area contributed by atoms with Crippen LogP contribution in [-0.4, -0.2) is 24.9 Å². The number of nitrogens with one attached hydrogen (secondary N) is 2.